The van der Waals surface area contributed by atoms with Crippen LogP contribution < -0.4 is 10.6 Å². The third-order valence-corrected chi connectivity index (χ3v) is 4.16. The Hall–Kier alpha value is -2.00. The Bertz CT molecular complexity index is 679. The largest absolute Gasteiger partial charge is 0.398 e. The number of hydrogen-bond donors (Lipinski definition) is 1. The highest BCUT2D eigenvalue weighted by atomic mass is 35.5. The molecule has 4 heteroatoms. The maximum absolute atomic E-state index is 12.9. The van der Waals surface area contributed by atoms with Gasteiger partial charge in [-0.2, -0.15) is 0 Å². The summed E-state index contributed by atoms with van der Waals surface area (Å²) in [5, 5.41) is 0.399. The molecule has 0 saturated heterocycles. The SMILES string of the molecule is CC1Cc2ccccc2N(C(=O)c2c(N)cccc2Cl)C1. The zero-order chi connectivity index (χ0) is 15.0. The molecule has 1 amide bonds. The second-order valence-electron chi connectivity index (χ2n) is 5.56. The van der Waals surface area contributed by atoms with Crippen LogP contribution in [-0.4, -0.2) is 12.5 Å². The highest BCUT2D eigenvalue weighted by molar-refractivity contribution is 6.35. The molecule has 0 fully saturated rings. The average molecular weight is 301 g/mol. The average Bonchev–Trinajstić information content (AvgIpc) is 2.46. The van der Waals surface area contributed by atoms with Gasteiger partial charge in [0.25, 0.3) is 5.91 Å². The van der Waals surface area contributed by atoms with Crippen molar-refractivity contribution in [1.29, 1.82) is 0 Å². The Labute approximate surface area is 129 Å². The molecule has 0 saturated carbocycles. The van der Waals surface area contributed by atoms with Crippen molar-refractivity contribution in [2.75, 3.05) is 17.2 Å². The van der Waals surface area contributed by atoms with E-state index in [0.29, 0.717) is 28.7 Å². The number of carbonyl (C=O) groups excluding carboxylic acids is 1. The molecule has 2 aromatic rings. The lowest BCUT2D eigenvalue weighted by molar-refractivity contribution is 0.0982. The summed E-state index contributed by atoms with van der Waals surface area (Å²) in [6.07, 6.45) is 0.984. The maximum atomic E-state index is 12.9. The first kappa shape index (κ1) is 14.0. The van der Waals surface area contributed by atoms with Gasteiger partial charge in [-0.05, 0) is 36.1 Å². The van der Waals surface area contributed by atoms with E-state index < -0.39 is 0 Å². The van der Waals surface area contributed by atoms with Crippen LogP contribution in [0.5, 0.6) is 0 Å². The van der Waals surface area contributed by atoms with Crippen molar-refractivity contribution in [2.24, 2.45) is 5.92 Å². The minimum absolute atomic E-state index is 0.128. The Morgan fingerprint density at radius 3 is 2.76 bits per heavy atom. The molecule has 0 radical (unpaired) electrons. The number of rotatable bonds is 1. The number of amides is 1. The Morgan fingerprint density at radius 2 is 2.00 bits per heavy atom. The fourth-order valence-electron chi connectivity index (χ4n) is 2.89. The van der Waals surface area contributed by atoms with Crippen LogP contribution in [0.3, 0.4) is 0 Å². The summed E-state index contributed by atoms with van der Waals surface area (Å²) in [7, 11) is 0. The monoisotopic (exact) mass is 300 g/mol. The molecule has 2 aromatic carbocycles. The zero-order valence-electron chi connectivity index (χ0n) is 11.8. The molecule has 0 aliphatic carbocycles. The number of anilines is 2. The summed E-state index contributed by atoms with van der Waals surface area (Å²) in [5.74, 6) is 0.282. The smallest absolute Gasteiger partial charge is 0.261 e. The summed E-state index contributed by atoms with van der Waals surface area (Å²) < 4.78 is 0. The standard InChI is InChI=1S/C17H17ClN2O/c1-11-9-12-5-2-3-8-15(12)20(10-11)17(21)16-13(18)6-4-7-14(16)19/h2-8,11H,9-10,19H2,1H3. The van der Waals surface area contributed by atoms with Crippen LogP contribution in [0.15, 0.2) is 42.5 Å². The van der Waals surface area contributed by atoms with Crippen LogP contribution in [0.1, 0.15) is 22.8 Å². The molecule has 1 aliphatic rings. The first-order valence-electron chi connectivity index (χ1n) is 7.01. The molecule has 0 spiro atoms. The third-order valence-electron chi connectivity index (χ3n) is 3.85. The van der Waals surface area contributed by atoms with E-state index in [4.69, 9.17) is 17.3 Å². The van der Waals surface area contributed by atoms with Crippen molar-refractivity contribution in [1.82, 2.24) is 0 Å². The van der Waals surface area contributed by atoms with Gasteiger partial charge in [0.15, 0.2) is 0 Å². The predicted molar refractivity (Wildman–Crippen MR) is 86.9 cm³/mol. The molecule has 108 valence electrons. The van der Waals surface area contributed by atoms with Crippen LogP contribution in [0.4, 0.5) is 11.4 Å². The molecule has 2 N–H and O–H groups in total. The van der Waals surface area contributed by atoms with Gasteiger partial charge in [-0.1, -0.05) is 42.8 Å². The summed E-state index contributed by atoms with van der Waals surface area (Å²) in [4.78, 5) is 14.7. The van der Waals surface area contributed by atoms with Crippen molar-refractivity contribution in [3.63, 3.8) is 0 Å². The molecule has 21 heavy (non-hydrogen) atoms. The molecule has 1 atom stereocenters. The number of nitrogen functional groups attached to an aromatic ring is 1. The lowest BCUT2D eigenvalue weighted by atomic mass is 9.93. The summed E-state index contributed by atoms with van der Waals surface area (Å²) in [6, 6.07) is 13.2. The highest BCUT2D eigenvalue weighted by Gasteiger charge is 2.28. The fraction of sp³-hybridized carbons (Fsp3) is 0.235. The van der Waals surface area contributed by atoms with E-state index in [2.05, 4.69) is 13.0 Å². The van der Waals surface area contributed by atoms with E-state index in [9.17, 15) is 4.79 Å². The Kier molecular flexibility index (Phi) is 3.60. The van der Waals surface area contributed by atoms with Crippen LogP contribution in [0, 0.1) is 5.92 Å². The van der Waals surface area contributed by atoms with Crippen LogP contribution >= 0.6 is 11.6 Å². The van der Waals surface area contributed by atoms with Gasteiger partial charge in [0, 0.05) is 17.9 Å². The van der Waals surface area contributed by atoms with Gasteiger partial charge in [0.1, 0.15) is 0 Å². The van der Waals surface area contributed by atoms with Gasteiger partial charge in [-0.15, -0.1) is 0 Å². The van der Waals surface area contributed by atoms with E-state index in [1.54, 1.807) is 23.1 Å². The number of para-hydroxylation sites is 1. The van der Waals surface area contributed by atoms with Gasteiger partial charge in [0.05, 0.1) is 10.6 Å². The fourth-order valence-corrected chi connectivity index (χ4v) is 3.15. The molecular formula is C17H17ClN2O. The number of nitrogens with zero attached hydrogens (tertiary/aromatic N) is 1. The summed E-state index contributed by atoms with van der Waals surface area (Å²) >= 11 is 6.18. The van der Waals surface area contributed by atoms with Crippen molar-refractivity contribution in [3.8, 4) is 0 Å². The molecular weight excluding hydrogens is 284 g/mol. The molecule has 3 rings (SSSR count). The highest BCUT2D eigenvalue weighted by Crippen LogP contribution is 2.33. The molecule has 1 heterocycles. The quantitative estimate of drug-likeness (QED) is 0.815. The lowest BCUT2D eigenvalue weighted by Crippen LogP contribution is -2.39. The van der Waals surface area contributed by atoms with E-state index in [1.807, 2.05) is 18.2 Å². The normalized spacial score (nSPS) is 17.4. The number of fused-ring (bicyclic) bond motifs is 1. The molecule has 1 unspecified atom stereocenters. The Balaban J connectivity index is 2.06. The molecule has 1 aliphatic heterocycles. The first-order chi connectivity index (χ1) is 10.1. The second-order valence-corrected chi connectivity index (χ2v) is 5.97. The number of hydrogen-bond acceptors (Lipinski definition) is 2. The maximum Gasteiger partial charge on any atom is 0.261 e. The molecule has 0 aromatic heterocycles. The third kappa shape index (κ3) is 2.49. The number of nitrogens with two attached hydrogens (primary N) is 1. The van der Waals surface area contributed by atoms with Crippen molar-refractivity contribution < 1.29 is 4.79 Å². The van der Waals surface area contributed by atoms with Crippen molar-refractivity contribution >= 4 is 28.9 Å². The van der Waals surface area contributed by atoms with Crippen LogP contribution in [0.2, 0.25) is 5.02 Å². The van der Waals surface area contributed by atoms with Gasteiger partial charge >= 0.3 is 0 Å². The molecule has 3 nitrogen and oxygen atoms in total. The summed E-state index contributed by atoms with van der Waals surface area (Å²) in [5.41, 5.74) is 8.91. The van der Waals surface area contributed by atoms with E-state index in [1.165, 1.54) is 5.56 Å². The Morgan fingerprint density at radius 1 is 1.24 bits per heavy atom. The molecule has 0 bridgehead atoms. The minimum atomic E-state index is -0.128. The summed E-state index contributed by atoms with van der Waals surface area (Å²) in [6.45, 7) is 2.83. The van der Waals surface area contributed by atoms with Gasteiger partial charge < -0.3 is 10.6 Å². The van der Waals surface area contributed by atoms with Crippen LogP contribution in [0.25, 0.3) is 0 Å². The number of benzene rings is 2. The van der Waals surface area contributed by atoms with Gasteiger partial charge in [0.2, 0.25) is 0 Å². The lowest BCUT2D eigenvalue weighted by Gasteiger charge is -2.33. The second kappa shape index (κ2) is 5.41. The van der Waals surface area contributed by atoms with Crippen LogP contribution in [-0.2, 0) is 6.42 Å². The predicted octanol–water partition coefficient (Wildman–Crippen LogP) is 3.76. The van der Waals surface area contributed by atoms with Gasteiger partial charge in [-0.3, -0.25) is 4.79 Å². The van der Waals surface area contributed by atoms with Gasteiger partial charge in [-0.25, -0.2) is 0 Å². The van der Waals surface area contributed by atoms with Crippen molar-refractivity contribution in [2.45, 2.75) is 13.3 Å². The number of halogens is 1. The van der Waals surface area contributed by atoms with Crippen molar-refractivity contribution in [3.05, 3.63) is 58.6 Å². The van der Waals surface area contributed by atoms with E-state index >= 15 is 0 Å². The van der Waals surface area contributed by atoms with E-state index in [-0.39, 0.29) is 5.91 Å². The zero-order valence-corrected chi connectivity index (χ0v) is 12.6. The minimum Gasteiger partial charge on any atom is -0.398 e. The first-order valence-corrected chi connectivity index (χ1v) is 7.39. The van der Waals surface area contributed by atoms with E-state index in [0.717, 1.165) is 12.1 Å². The number of carbonyl (C=O) groups is 1. The topological polar surface area (TPSA) is 46.3 Å².